The molecule has 0 heterocycles. The third kappa shape index (κ3) is 62.4. The molecule has 6 nitrogen and oxygen atoms in total. The number of hydrogen-bond donors (Lipinski definition) is 0. The SMILES string of the molecule is CC/C=C\C/C=C\C/C=C\C/C=C\C/C=C\C/C=C\C/C=C\CCCCCCCCCCCC(=O)OCC(COC(=O)CCCCCCCCCCCC)OC(=O)CCCCCCCC/C=C\C/C=C\C/C=C\C/C=C\CC. The normalized spacial score (nSPS) is 13.0. The summed E-state index contributed by atoms with van der Waals surface area (Å²) in [5, 5.41) is 0. The predicted molar refractivity (Wildman–Crippen MR) is 339 cm³/mol. The van der Waals surface area contributed by atoms with Gasteiger partial charge in [-0.25, -0.2) is 0 Å². The van der Waals surface area contributed by atoms with E-state index in [0.717, 1.165) is 148 Å². The lowest BCUT2D eigenvalue weighted by molar-refractivity contribution is -0.167. The fraction of sp³-hybridized carbons (Fsp3) is 0.653. The first-order valence-electron chi connectivity index (χ1n) is 32.2. The highest BCUT2D eigenvalue weighted by atomic mass is 16.6. The van der Waals surface area contributed by atoms with Gasteiger partial charge in [0.2, 0.25) is 0 Å². The van der Waals surface area contributed by atoms with Gasteiger partial charge in [0.25, 0.3) is 0 Å². The molecule has 0 aromatic rings. The second kappa shape index (κ2) is 65.1. The minimum absolute atomic E-state index is 0.0866. The molecule has 0 aromatic carbocycles. The van der Waals surface area contributed by atoms with E-state index in [1.165, 1.54) is 96.3 Å². The van der Waals surface area contributed by atoms with Gasteiger partial charge >= 0.3 is 17.9 Å². The average Bonchev–Trinajstić information content (AvgIpc) is 3.44. The fourth-order valence-electron chi connectivity index (χ4n) is 8.65. The third-order valence-corrected chi connectivity index (χ3v) is 13.4. The molecule has 0 radical (unpaired) electrons. The average molecular weight is 1080 g/mol. The van der Waals surface area contributed by atoms with Crippen LogP contribution in [0.15, 0.2) is 134 Å². The molecular weight excluding hydrogens is 961 g/mol. The number of unbranched alkanes of at least 4 members (excludes halogenated alkanes) is 24. The summed E-state index contributed by atoms with van der Waals surface area (Å²) in [6.07, 6.45) is 91.7. The smallest absolute Gasteiger partial charge is 0.306 e. The summed E-state index contributed by atoms with van der Waals surface area (Å²) in [6, 6.07) is 0. The van der Waals surface area contributed by atoms with Gasteiger partial charge in [-0.3, -0.25) is 14.4 Å². The van der Waals surface area contributed by atoms with Crippen LogP contribution in [-0.4, -0.2) is 37.2 Å². The molecule has 0 spiro atoms. The van der Waals surface area contributed by atoms with Gasteiger partial charge in [-0.15, -0.1) is 0 Å². The number of rotatable bonds is 57. The molecule has 0 aliphatic carbocycles. The quantitative estimate of drug-likeness (QED) is 0.0261. The summed E-state index contributed by atoms with van der Waals surface area (Å²) >= 11 is 0. The Morgan fingerprint density at radius 2 is 0.500 bits per heavy atom. The molecule has 0 aromatic heterocycles. The molecule has 442 valence electrons. The van der Waals surface area contributed by atoms with E-state index in [1.54, 1.807) is 0 Å². The zero-order chi connectivity index (χ0) is 56.4. The molecular formula is C72H118O6. The van der Waals surface area contributed by atoms with Gasteiger partial charge in [0, 0.05) is 19.3 Å². The molecule has 0 bridgehead atoms. The Kier molecular flexibility index (Phi) is 61.4. The lowest BCUT2D eigenvalue weighted by atomic mass is 10.1. The number of carbonyl (C=O) groups is 3. The molecule has 0 aliphatic heterocycles. The minimum Gasteiger partial charge on any atom is -0.462 e. The van der Waals surface area contributed by atoms with E-state index < -0.39 is 6.10 Å². The maximum atomic E-state index is 12.9. The van der Waals surface area contributed by atoms with Gasteiger partial charge in [-0.2, -0.15) is 0 Å². The first-order chi connectivity index (χ1) is 38.5. The highest BCUT2D eigenvalue weighted by molar-refractivity contribution is 5.71. The Morgan fingerprint density at radius 1 is 0.269 bits per heavy atom. The van der Waals surface area contributed by atoms with Crippen LogP contribution in [0, 0.1) is 0 Å². The summed E-state index contributed by atoms with van der Waals surface area (Å²) in [6.45, 7) is 6.39. The van der Waals surface area contributed by atoms with E-state index >= 15 is 0 Å². The summed E-state index contributed by atoms with van der Waals surface area (Å²) in [4.78, 5) is 38.2. The van der Waals surface area contributed by atoms with E-state index in [9.17, 15) is 14.4 Å². The van der Waals surface area contributed by atoms with E-state index in [-0.39, 0.29) is 31.1 Å². The number of hydrogen-bond acceptors (Lipinski definition) is 6. The van der Waals surface area contributed by atoms with Crippen LogP contribution < -0.4 is 0 Å². The van der Waals surface area contributed by atoms with Gasteiger partial charge < -0.3 is 14.2 Å². The van der Waals surface area contributed by atoms with Crippen molar-refractivity contribution >= 4 is 17.9 Å². The molecule has 0 amide bonds. The molecule has 1 atom stereocenters. The van der Waals surface area contributed by atoms with E-state index in [4.69, 9.17) is 14.2 Å². The number of esters is 3. The molecule has 0 rings (SSSR count). The summed E-state index contributed by atoms with van der Waals surface area (Å²) in [5.74, 6) is -0.906. The molecule has 0 N–H and O–H groups in total. The highest BCUT2D eigenvalue weighted by Crippen LogP contribution is 2.15. The molecule has 78 heavy (non-hydrogen) atoms. The van der Waals surface area contributed by atoms with Crippen molar-refractivity contribution in [1.29, 1.82) is 0 Å². The molecule has 6 heteroatoms. The Hall–Kier alpha value is -4.45. The first kappa shape index (κ1) is 73.5. The van der Waals surface area contributed by atoms with Crippen LogP contribution in [0.5, 0.6) is 0 Å². The minimum atomic E-state index is -0.791. The van der Waals surface area contributed by atoms with Crippen molar-refractivity contribution in [3.8, 4) is 0 Å². The molecule has 0 saturated heterocycles. The zero-order valence-electron chi connectivity index (χ0n) is 50.6. The van der Waals surface area contributed by atoms with Crippen molar-refractivity contribution in [3.63, 3.8) is 0 Å². The van der Waals surface area contributed by atoms with E-state index in [1.807, 2.05) is 0 Å². The second-order valence-corrected chi connectivity index (χ2v) is 20.9. The number of ether oxygens (including phenoxy) is 3. The monoisotopic (exact) mass is 1080 g/mol. The summed E-state index contributed by atoms with van der Waals surface area (Å²) in [7, 11) is 0. The Balaban J connectivity index is 4.27. The van der Waals surface area contributed by atoms with Crippen LogP contribution in [0.3, 0.4) is 0 Å². The maximum absolute atomic E-state index is 12.9. The van der Waals surface area contributed by atoms with Gasteiger partial charge in [-0.1, -0.05) is 283 Å². The number of carbonyl (C=O) groups excluding carboxylic acids is 3. The Labute approximate surface area is 481 Å². The lowest BCUT2D eigenvalue weighted by Gasteiger charge is -2.18. The standard InChI is InChI=1S/C72H118O6/c1-4-7-10-13-16-19-22-24-26-28-30-31-32-33-34-35-36-37-38-39-40-41-43-44-46-48-50-53-56-59-62-65-71(74)77-68-69(67-76-70(73)64-61-58-55-52-21-18-15-12-9-6-3)78-72(75)66-63-60-57-54-51-49-47-45-42-29-27-25-23-20-17-14-11-8-5-2/h7-8,10-11,16-17,19-20,24-27,30-31,33-34,36-37,39-40,42,45,69H,4-6,9,12-15,18,21-23,28-29,32,35,38,41,43-44,46-68H2,1-3H3/b10-7-,11-8-,19-16-,20-17-,26-24-,27-25-,31-30-,34-33-,37-36-,40-39-,45-42-. The number of allylic oxidation sites excluding steroid dienone is 22. The zero-order valence-corrected chi connectivity index (χ0v) is 50.6. The molecule has 1 unspecified atom stereocenters. The summed E-state index contributed by atoms with van der Waals surface area (Å²) < 4.78 is 16.9. The molecule has 0 saturated carbocycles. The van der Waals surface area contributed by atoms with Crippen LogP contribution in [0.2, 0.25) is 0 Å². The van der Waals surface area contributed by atoms with Crippen molar-refractivity contribution in [3.05, 3.63) is 134 Å². The highest BCUT2D eigenvalue weighted by Gasteiger charge is 2.19. The topological polar surface area (TPSA) is 78.9 Å². The van der Waals surface area contributed by atoms with Gasteiger partial charge in [-0.05, 0) is 116 Å². The lowest BCUT2D eigenvalue weighted by Crippen LogP contribution is -2.30. The van der Waals surface area contributed by atoms with Crippen LogP contribution >= 0.6 is 0 Å². The van der Waals surface area contributed by atoms with Crippen molar-refractivity contribution in [2.24, 2.45) is 0 Å². The molecule has 0 aliphatic rings. The third-order valence-electron chi connectivity index (χ3n) is 13.4. The van der Waals surface area contributed by atoms with Crippen LogP contribution in [-0.2, 0) is 28.6 Å². The van der Waals surface area contributed by atoms with Crippen LogP contribution in [0.25, 0.3) is 0 Å². The van der Waals surface area contributed by atoms with Gasteiger partial charge in [0.15, 0.2) is 6.10 Å². The fourth-order valence-corrected chi connectivity index (χ4v) is 8.65. The van der Waals surface area contributed by atoms with Crippen molar-refractivity contribution < 1.29 is 28.6 Å². The Bertz CT molecular complexity index is 1670. The van der Waals surface area contributed by atoms with Gasteiger partial charge in [0.05, 0.1) is 0 Å². The van der Waals surface area contributed by atoms with Crippen molar-refractivity contribution in [2.45, 2.75) is 290 Å². The molecule has 0 fully saturated rings. The first-order valence-corrected chi connectivity index (χ1v) is 32.2. The van der Waals surface area contributed by atoms with Crippen molar-refractivity contribution in [2.75, 3.05) is 13.2 Å². The van der Waals surface area contributed by atoms with E-state index in [2.05, 4.69) is 154 Å². The van der Waals surface area contributed by atoms with Gasteiger partial charge in [0.1, 0.15) is 13.2 Å². The summed E-state index contributed by atoms with van der Waals surface area (Å²) in [5.41, 5.74) is 0. The van der Waals surface area contributed by atoms with E-state index in [0.29, 0.717) is 19.3 Å². The Morgan fingerprint density at radius 3 is 0.782 bits per heavy atom. The maximum Gasteiger partial charge on any atom is 0.306 e. The predicted octanol–water partition coefficient (Wildman–Crippen LogP) is 22.2. The largest absolute Gasteiger partial charge is 0.462 e. The second-order valence-electron chi connectivity index (χ2n) is 20.9. The van der Waals surface area contributed by atoms with Crippen LogP contribution in [0.4, 0.5) is 0 Å². The van der Waals surface area contributed by atoms with Crippen molar-refractivity contribution in [1.82, 2.24) is 0 Å². The van der Waals surface area contributed by atoms with Crippen LogP contribution in [0.1, 0.15) is 284 Å².